The Morgan fingerprint density at radius 1 is 1.17 bits per heavy atom. The number of pyridine rings is 2. The summed E-state index contributed by atoms with van der Waals surface area (Å²) in [7, 11) is 1.39. The van der Waals surface area contributed by atoms with Gasteiger partial charge in [-0.25, -0.2) is 14.5 Å². The molecule has 0 saturated carbocycles. The summed E-state index contributed by atoms with van der Waals surface area (Å²) in [4.78, 5) is 30.1. The third-order valence-electron chi connectivity index (χ3n) is 3.62. The van der Waals surface area contributed by atoms with Gasteiger partial charge in [-0.2, -0.15) is 17.6 Å². The Hall–Kier alpha value is -3.90. The Bertz CT molecular complexity index is 1100. The Balaban J connectivity index is 1.92. The van der Waals surface area contributed by atoms with Crippen LogP contribution in [-0.2, 0) is 13.2 Å². The van der Waals surface area contributed by atoms with Crippen molar-refractivity contribution >= 4 is 11.9 Å². The summed E-state index contributed by atoms with van der Waals surface area (Å²) in [5.41, 5.74) is 2.77. The average molecular weight is 410 g/mol. The van der Waals surface area contributed by atoms with Crippen LogP contribution in [-0.4, -0.2) is 36.8 Å². The number of nitrogens with zero attached hydrogens (tertiary/aromatic N) is 5. The standard InChI is InChI=1S/C16H10F4N6O3/c1-26-14(29-15(21)28)11(24-25-26)9-4-3-8(13(17)23-9)12(27)7-2-5-10(22-6-7)16(18,19)20/h2-6H,1H3,(H2,21,28). The van der Waals surface area contributed by atoms with Crippen molar-refractivity contribution in [1.82, 2.24) is 25.0 Å². The maximum absolute atomic E-state index is 14.4. The second kappa shape index (κ2) is 7.26. The van der Waals surface area contributed by atoms with Gasteiger partial charge in [0.15, 0.2) is 11.5 Å². The minimum absolute atomic E-state index is 0.111. The summed E-state index contributed by atoms with van der Waals surface area (Å²) in [6.07, 6.45) is -5.13. The van der Waals surface area contributed by atoms with Gasteiger partial charge in [-0.05, 0) is 24.3 Å². The van der Waals surface area contributed by atoms with Gasteiger partial charge in [-0.15, -0.1) is 5.10 Å². The number of amides is 1. The molecular weight excluding hydrogens is 400 g/mol. The lowest BCUT2D eigenvalue weighted by Gasteiger charge is -2.07. The van der Waals surface area contributed by atoms with E-state index in [0.29, 0.717) is 12.3 Å². The van der Waals surface area contributed by atoms with Gasteiger partial charge in [-0.1, -0.05) is 5.21 Å². The van der Waals surface area contributed by atoms with E-state index in [1.165, 1.54) is 13.1 Å². The summed E-state index contributed by atoms with van der Waals surface area (Å²) >= 11 is 0. The first kappa shape index (κ1) is 19.9. The van der Waals surface area contributed by atoms with Crippen LogP contribution in [0.2, 0.25) is 0 Å². The SMILES string of the molecule is Cn1nnc(-c2ccc(C(=O)c3ccc(C(F)(F)F)nc3)c(F)n2)c1OC(N)=O. The normalized spacial score (nSPS) is 11.3. The molecule has 29 heavy (non-hydrogen) atoms. The van der Waals surface area contributed by atoms with Crippen molar-refractivity contribution in [2.75, 3.05) is 0 Å². The van der Waals surface area contributed by atoms with Crippen LogP contribution in [0.5, 0.6) is 5.88 Å². The van der Waals surface area contributed by atoms with Crippen LogP contribution < -0.4 is 10.5 Å². The van der Waals surface area contributed by atoms with E-state index in [9.17, 15) is 27.2 Å². The first-order chi connectivity index (χ1) is 13.6. The number of aryl methyl sites for hydroxylation is 1. The van der Waals surface area contributed by atoms with E-state index in [1.807, 2.05) is 0 Å². The summed E-state index contributed by atoms with van der Waals surface area (Å²) in [6, 6.07) is 3.75. The van der Waals surface area contributed by atoms with Crippen LogP contribution in [0, 0.1) is 5.95 Å². The molecule has 0 spiro atoms. The van der Waals surface area contributed by atoms with E-state index in [0.717, 1.165) is 16.8 Å². The lowest BCUT2D eigenvalue weighted by molar-refractivity contribution is -0.141. The number of rotatable bonds is 4. The lowest BCUT2D eigenvalue weighted by Crippen LogP contribution is -2.18. The highest BCUT2D eigenvalue weighted by Gasteiger charge is 2.32. The molecule has 0 aromatic carbocycles. The number of alkyl halides is 3. The molecule has 150 valence electrons. The zero-order chi connectivity index (χ0) is 21.3. The second-order valence-electron chi connectivity index (χ2n) is 5.58. The first-order valence-electron chi connectivity index (χ1n) is 7.69. The van der Waals surface area contributed by atoms with Gasteiger partial charge in [0.25, 0.3) is 5.88 Å². The Kier molecular flexibility index (Phi) is 4.97. The second-order valence-corrected chi connectivity index (χ2v) is 5.58. The molecule has 0 bridgehead atoms. The van der Waals surface area contributed by atoms with Crippen LogP contribution >= 0.6 is 0 Å². The largest absolute Gasteiger partial charge is 0.433 e. The molecule has 3 aromatic rings. The number of aromatic nitrogens is 5. The van der Waals surface area contributed by atoms with Crippen LogP contribution in [0.15, 0.2) is 30.5 Å². The highest BCUT2D eigenvalue weighted by molar-refractivity contribution is 6.08. The highest BCUT2D eigenvalue weighted by atomic mass is 19.4. The van der Waals surface area contributed by atoms with Gasteiger partial charge in [0.05, 0.1) is 11.3 Å². The molecule has 0 atom stereocenters. The number of ether oxygens (including phenoxy) is 1. The molecule has 3 rings (SSSR count). The molecule has 3 heterocycles. The molecule has 2 N–H and O–H groups in total. The zero-order valence-electron chi connectivity index (χ0n) is 14.4. The molecule has 0 aliphatic heterocycles. The van der Waals surface area contributed by atoms with E-state index in [1.54, 1.807) is 0 Å². The number of nitrogens with two attached hydrogens (primary N) is 1. The lowest BCUT2D eigenvalue weighted by atomic mass is 10.1. The highest BCUT2D eigenvalue weighted by Crippen LogP contribution is 2.28. The zero-order valence-corrected chi connectivity index (χ0v) is 14.4. The molecule has 3 aromatic heterocycles. The van der Waals surface area contributed by atoms with Crippen molar-refractivity contribution in [2.45, 2.75) is 6.18 Å². The number of primary amides is 1. The first-order valence-corrected chi connectivity index (χ1v) is 7.69. The molecule has 1 amide bonds. The van der Waals surface area contributed by atoms with Crippen LogP contribution in [0.25, 0.3) is 11.4 Å². The Labute approximate surface area is 159 Å². The van der Waals surface area contributed by atoms with E-state index >= 15 is 0 Å². The van der Waals surface area contributed by atoms with Gasteiger partial charge in [0.2, 0.25) is 5.95 Å². The van der Waals surface area contributed by atoms with E-state index in [-0.39, 0.29) is 22.8 Å². The summed E-state index contributed by atoms with van der Waals surface area (Å²) < 4.78 is 57.9. The van der Waals surface area contributed by atoms with Crippen molar-refractivity contribution in [3.63, 3.8) is 0 Å². The van der Waals surface area contributed by atoms with Crippen molar-refractivity contribution < 1.29 is 31.9 Å². The molecule has 0 aliphatic rings. The molecule has 0 aliphatic carbocycles. The maximum Gasteiger partial charge on any atom is 0.433 e. The van der Waals surface area contributed by atoms with Crippen LogP contribution in [0.4, 0.5) is 22.4 Å². The van der Waals surface area contributed by atoms with Crippen LogP contribution in [0.1, 0.15) is 21.6 Å². The predicted molar refractivity (Wildman–Crippen MR) is 87.1 cm³/mol. The van der Waals surface area contributed by atoms with Gasteiger partial charge in [0, 0.05) is 18.8 Å². The number of ketones is 1. The predicted octanol–water partition coefficient (Wildman–Crippen LogP) is 2.12. The van der Waals surface area contributed by atoms with E-state index < -0.39 is 35.3 Å². The van der Waals surface area contributed by atoms with Gasteiger partial charge >= 0.3 is 12.3 Å². The van der Waals surface area contributed by atoms with Gasteiger partial charge < -0.3 is 10.5 Å². The fourth-order valence-corrected chi connectivity index (χ4v) is 2.31. The summed E-state index contributed by atoms with van der Waals surface area (Å²) in [6.45, 7) is 0. The minimum atomic E-state index is -4.67. The number of carbonyl (C=O) groups excluding carboxylic acids is 2. The summed E-state index contributed by atoms with van der Waals surface area (Å²) in [5.74, 6) is -2.34. The van der Waals surface area contributed by atoms with Crippen LogP contribution in [0.3, 0.4) is 0 Å². The number of carbonyl (C=O) groups is 2. The van der Waals surface area contributed by atoms with Crippen molar-refractivity contribution in [2.24, 2.45) is 12.8 Å². The van der Waals surface area contributed by atoms with Crippen molar-refractivity contribution in [1.29, 1.82) is 0 Å². The molecule has 13 heteroatoms. The minimum Gasteiger partial charge on any atom is -0.389 e. The summed E-state index contributed by atoms with van der Waals surface area (Å²) in [5, 5.41) is 7.31. The Morgan fingerprint density at radius 3 is 2.45 bits per heavy atom. The molecule has 0 radical (unpaired) electrons. The maximum atomic E-state index is 14.4. The van der Waals surface area contributed by atoms with Gasteiger partial charge in [0.1, 0.15) is 5.69 Å². The third-order valence-corrected chi connectivity index (χ3v) is 3.62. The molecular formula is C16H10F4N6O3. The van der Waals surface area contributed by atoms with Crippen molar-refractivity contribution in [3.05, 3.63) is 53.2 Å². The van der Waals surface area contributed by atoms with E-state index in [4.69, 9.17) is 10.5 Å². The Morgan fingerprint density at radius 2 is 1.90 bits per heavy atom. The number of hydrogen-bond acceptors (Lipinski definition) is 7. The number of halogens is 4. The fraction of sp³-hybridized carbons (Fsp3) is 0.125. The monoisotopic (exact) mass is 410 g/mol. The third kappa shape index (κ3) is 4.02. The topological polar surface area (TPSA) is 126 Å². The fourth-order valence-electron chi connectivity index (χ4n) is 2.31. The quantitative estimate of drug-likeness (QED) is 0.397. The number of hydrogen-bond donors (Lipinski definition) is 1. The molecule has 9 nitrogen and oxygen atoms in total. The molecule has 0 unspecified atom stereocenters. The smallest absolute Gasteiger partial charge is 0.389 e. The van der Waals surface area contributed by atoms with Gasteiger partial charge in [-0.3, -0.25) is 9.78 Å². The molecule has 0 saturated heterocycles. The van der Waals surface area contributed by atoms with E-state index in [2.05, 4.69) is 20.3 Å². The van der Waals surface area contributed by atoms with Crippen molar-refractivity contribution in [3.8, 4) is 17.3 Å². The molecule has 0 fully saturated rings. The average Bonchev–Trinajstić information content (AvgIpc) is 3.00.